The van der Waals surface area contributed by atoms with Crippen molar-refractivity contribution in [1.29, 1.82) is 0 Å². The predicted octanol–water partition coefficient (Wildman–Crippen LogP) is 7.33. The van der Waals surface area contributed by atoms with E-state index in [4.69, 9.17) is 16.6 Å². The number of rotatable bonds is 11. The largest absolute Gasteiger partial charge is 0.495 e. The normalized spacial score (nSPS) is 11.2. The number of anilines is 1. The Balaban J connectivity index is 1.99. The highest BCUT2D eigenvalue weighted by atomic mass is 32.2. The molecule has 0 fully saturated rings. The molecule has 3 aromatic rings. The first kappa shape index (κ1) is 23.9. The molecule has 0 saturated carbocycles. The second-order valence-corrected chi connectivity index (χ2v) is 8.42. The van der Waals surface area contributed by atoms with E-state index < -0.39 is 0 Å². The lowest BCUT2D eigenvalue weighted by Crippen LogP contribution is -2.25. The van der Waals surface area contributed by atoms with Gasteiger partial charge in [0.15, 0.2) is 5.69 Å². The molecule has 0 radical (unpaired) electrons. The average Bonchev–Trinajstić information content (AvgIpc) is 3.23. The summed E-state index contributed by atoms with van der Waals surface area (Å²) in [7, 11) is 1.61. The fourth-order valence-corrected chi connectivity index (χ4v) is 4.42. The molecule has 0 unspecified atom stereocenters. The molecule has 2 aromatic carbocycles. The molecule has 1 N–H and O–H groups in total. The topological polar surface area (TPSA) is 93.1 Å². The van der Waals surface area contributed by atoms with E-state index in [2.05, 4.69) is 48.2 Å². The zero-order valence-corrected chi connectivity index (χ0v) is 19.6. The standard InChI is InChI=1S/C21H23N5O4S2/c1-5-9-26(10-6-2)17-13-20(32-30-29-27)16(12-18(17)28-4)24-25-21-23-15-8-7-14(22-3)11-19(15)31-21/h7-8,11-13,27H,5-6,9-10H2,1-2,4H3/b25-24+. The lowest BCUT2D eigenvalue weighted by molar-refractivity contribution is -0.432. The van der Waals surface area contributed by atoms with Gasteiger partial charge in [-0.3, -0.25) is 0 Å². The van der Waals surface area contributed by atoms with Gasteiger partial charge in [-0.1, -0.05) is 36.3 Å². The molecule has 0 amide bonds. The fourth-order valence-electron chi connectivity index (χ4n) is 3.15. The molecule has 0 spiro atoms. The van der Waals surface area contributed by atoms with Crippen molar-refractivity contribution in [3.05, 3.63) is 41.7 Å². The molecule has 1 heterocycles. The van der Waals surface area contributed by atoms with Crippen LogP contribution in [0.3, 0.4) is 0 Å². The van der Waals surface area contributed by atoms with Crippen LogP contribution in [0.15, 0.2) is 45.5 Å². The lowest BCUT2D eigenvalue weighted by atomic mass is 10.2. The first-order chi connectivity index (χ1) is 15.6. The van der Waals surface area contributed by atoms with Crippen LogP contribution >= 0.6 is 23.4 Å². The number of hydrogen-bond donors (Lipinski definition) is 1. The first-order valence-electron chi connectivity index (χ1n) is 9.95. The zero-order chi connectivity index (χ0) is 22.9. The molecule has 0 aliphatic heterocycles. The Morgan fingerprint density at radius 3 is 2.62 bits per heavy atom. The Morgan fingerprint density at radius 1 is 1.19 bits per heavy atom. The molecule has 0 bridgehead atoms. The third-order valence-corrected chi connectivity index (χ3v) is 6.01. The molecular formula is C21H23N5O4S2. The maximum atomic E-state index is 8.64. The van der Waals surface area contributed by atoms with Crippen molar-refractivity contribution in [2.75, 3.05) is 25.1 Å². The van der Waals surface area contributed by atoms with Crippen LogP contribution in [0.1, 0.15) is 26.7 Å². The molecule has 1 aromatic heterocycles. The molecule has 168 valence electrons. The molecule has 0 saturated heterocycles. The van der Waals surface area contributed by atoms with Gasteiger partial charge in [-0.05, 0) is 31.0 Å². The summed E-state index contributed by atoms with van der Waals surface area (Å²) in [6.45, 7) is 13.1. The highest BCUT2D eigenvalue weighted by Gasteiger charge is 2.17. The van der Waals surface area contributed by atoms with Crippen LogP contribution in [-0.2, 0) is 9.37 Å². The van der Waals surface area contributed by atoms with Gasteiger partial charge in [0.2, 0.25) is 5.13 Å². The Bertz CT molecular complexity index is 1120. The Kier molecular flexibility index (Phi) is 8.78. The number of benzene rings is 2. The number of nitrogens with zero attached hydrogens (tertiary/aromatic N) is 5. The Hall–Kier alpha value is -2.75. The van der Waals surface area contributed by atoms with Gasteiger partial charge in [0.05, 0.1) is 41.8 Å². The second kappa shape index (κ2) is 11.8. The highest BCUT2D eigenvalue weighted by Crippen LogP contribution is 2.42. The third-order valence-electron chi connectivity index (χ3n) is 4.48. The smallest absolute Gasteiger partial charge is 0.231 e. The van der Waals surface area contributed by atoms with Crippen molar-refractivity contribution in [3.63, 3.8) is 0 Å². The molecule has 9 nitrogen and oxygen atoms in total. The summed E-state index contributed by atoms with van der Waals surface area (Å²) in [6, 6.07) is 8.94. The summed E-state index contributed by atoms with van der Waals surface area (Å²) in [4.78, 5) is 10.7. The van der Waals surface area contributed by atoms with E-state index in [-0.39, 0.29) is 0 Å². The van der Waals surface area contributed by atoms with Crippen LogP contribution in [0, 0.1) is 6.57 Å². The maximum absolute atomic E-state index is 8.64. The van der Waals surface area contributed by atoms with E-state index in [1.54, 1.807) is 31.4 Å². The summed E-state index contributed by atoms with van der Waals surface area (Å²) in [5.74, 6) is 0.654. The average molecular weight is 474 g/mol. The molecule has 0 aliphatic rings. The van der Waals surface area contributed by atoms with E-state index in [9.17, 15) is 0 Å². The Morgan fingerprint density at radius 2 is 1.97 bits per heavy atom. The number of ether oxygens (including phenoxy) is 1. The van der Waals surface area contributed by atoms with Crippen molar-refractivity contribution in [2.24, 2.45) is 10.2 Å². The number of thiazole rings is 1. The van der Waals surface area contributed by atoms with Crippen molar-refractivity contribution in [3.8, 4) is 5.75 Å². The summed E-state index contributed by atoms with van der Waals surface area (Å²) >= 11 is 2.16. The van der Waals surface area contributed by atoms with E-state index in [1.165, 1.54) is 11.3 Å². The summed E-state index contributed by atoms with van der Waals surface area (Å²) in [6.07, 6.45) is 1.96. The number of aromatic nitrogens is 1. The minimum absolute atomic E-state index is 0.457. The van der Waals surface area contributed by atoms with E-state index in [0.717, 1.165) is 53.9 Å². The van der Waals surface area contributed by atoms with Gasteiger partial charge in [-0.15, -0.1) is 14.6 Å². The number of methoxy groups -OCH3 is 1. The monoisotopic (exact) mass is 473 g/mol. The maximum Gasteiger partial charge on any atom is 0.231 e. The molecule has 11 heteroatoms. The van der Waals surface area contributed by atoms with E-state index in [1.807, 2.05) is 6.07 Å². The zero-order valence-electron chi connectivity index (χ0n) is 17.9. The minimum atomic E-state index is 0.457. The predicted molar refractivity (Wildman–Crippen MR) is 127 cm³/mol. The molecule has 3 rings (SSSR count). The number of hydrogen-bond acceptors (Lipinski definition) is 10. The summed E-state index contributed by atoms with van der Waals surface area (Å²) in [5, 5.41) is 21.5. The fraction of sp³-hybridized carbons (Fsp3) is 0.333. The van der Waals surface area contributed by atoms with Gasteiger partial charge in [0, 0.05) is 23.9 Å². The second-order valence-electron chi connectivity index (χ2n) is 6.67. The van der Waals surface area contributed by atoms with Crippen LogP contribution in [0.25, 0.3) is 15.1 Å². The van der Waals surface area contributed by atoms with Gasteiger partial charge in [-0.2, -0.15) is 0 Å². The van der Waals surface area contributed by atoms with Crippen molar-refractivity contribution >= 4 is 55.8 Å². The quantitative estimate of drug-likeness (QED) is 0.102. The van der Waals surface area contributed by atoms with Crippen molar-refractivity contribution < 1.29 is 19.4 Å². The molecule has 0 atom stereocenters. The molecule has 0 aliphatic carbocycles. The first-order valence-corrected chi connectivity index (χ1v) is 11.5. The third kappa shape index (κ3) is 5.73. The summed E-state index contributed by atoms with van der Waals surface area (Å²) in [5.41, 5.74) is 2.67. The van der Waals surface area contributed by atoms with Crippen LogP contribution in [0.5, 0.6) is 5.75 Å². The van der Waals surface area contributed by atoms with E-state index >= 15 is 0 Å². The van der Waals surface area contributed by atoms with Gasteiger partial charge in [0.1, 0.15) is 11.4 Å². The lowest BCUT2D eigenvalue weighted by Gasteiger charge is -2.26. The van der Waals surface area contributed by atoms with Crippen LogP contribution in [0.2, 0.25) is 0 Å². The highest BCUT2D eigenvalue weighted by molar-refractivity contribution is 7.94. The van der Waals surface area contributed by atoms with Gasteiger partial charge in [0.25, 0.3) is 0 Å². The van der Waals surface area contributed by atoms with Gasteiger partial charge < -0.3 is 9.64 Å². The number of fused-ring (bicyclic) bond motifs is 1. The van der Waals surface area contributed by atoms with E-state index in [0.29, 0.717) is 27.2 Å². The van der Waals surface area contributed by atoms with Crippen LogP contribution in [-0.4, -0.2) is 30.4 Å². The van der Waals surface area contributed by atoms with Gasteiger partial charge in [-0.25, -0.2) is 15.1 Å². The SMILES string of the molecule is [C-]#[N+]c1ccc2nc(/N=N/c3cc(OC)c(N(CCC)CCC)cc3SOOO)sc2c1. The minimum Gasteiger partial charge on any atom is -0.495 e. The summed E-state index contributed by atoms with van der Waals surface area (Å²) < 4.78 is 11.2. The van der Waals surface area contributed by atoms with Crippen LogP contribution in [0.4, 0.5) is 22.2 Å². The van der Waals surface area contributed by atoms with Gasteiger partial charge >= 0.3 is 0 Å². The van der Waals surface area contributed by atoms with Crippen molar-refractivity contribution in [2.45, 2.75) is 31.6 Å². The molecular weight excluding hydrogens is 450 g/mol. The molecule has 32 heavy (non-hydrogen) atoms. The van der Waals surface area contributed by atoms with Crippen molar-refractivity contribution in [1.82, 2.24) is 4.98 Å². The van der Waals surface area contributed by atoms with Crippen LogP contribution < -0.4 is 9.64 Å². The number of azo groups is 1. The Labute approximate surface area is 194 Å².